The van der Waals surface area contributed by atoms with Crippen LogP contribution in [0.2, 0.25) is 0 Å². The molecule has 14 heavy (non-hydrogen) atoms. The average molecular weight is 236 g/mol. The summed E-state index contributed by atoms with van der Waals surface area (Å²) < 4.78 is 20.7. The van der Waals surface area contributed by atoms with Crippen LogP contribution in [-0.4, -0.2) is 38.4 Å². The van der Waals surface area contributed by atoms with E-state index >= 15 is 0 Å². The molecule has 0 amide bonds. The molecule has 1 aliphatic rings. The maximum Gasteiger partial charge on any atom is 0.104 e. The van der Waals surface area contributed by atoms with Gasteiger partial charge in [0.2, 0.25) is 0 Å². The number of thioether (sulfide) groups is 1. The molecule has 1 atom stereocenters. The normalized spacial score (nSPS) is 25.1. The molecule has 84 valence electrons. The lowest BCUT2D eigenvalue weighted by molar-refractivity contribution is 0.369. The van der Waals surface area contributed by atoms with E-state index in [1.54, 1.807) is 0 Å². The van der Waals surface area contributed by atoms with Crippen molar-refractivity contribution >= 4 is 21.7 Å². The topological polar surface area (TPSA) is 44.2 Å². The molecule has 3 nitrogen and oxygen atoms in total. The first-order valence-electron chi connectivity index (χ1n) is 5.04. The molecule has 0 aromatic heterocycles. The fourth-order valence-corrected chi connectivity index (χ4v) is 3.86. The van der Waals surface area contributed by atoms with Crippen molar-refractivity contribution in [2.45, 2.75) is 37.2 Å². The van der Waals surface area contributed by atoms with Gasteiger partial charge in [-0.1, -0.05) is 13.8 Å². The summed E-state index contributed by atoms with van der Waals surface area (Å²) in [7, 11) is -2.45. The first-order chi connectivity index (χ1) is 6.39. The Hall–Kier alpha value is 0.260. The van der Waals surface area contributed by atoms with E-state index in [1.165, 1.54) is 6.26 Å². The molecule has 1 N–H and O–H groups in total. The fourth-order valence-electron chi connectivity index (χ4n) is 1.70. The van der Waals surface area contributed by atoms with Gasteiger partial charge in [-0.05, 0) is 18.1 Å². The number of piperidine rings is 1. The molecular formula is C9H20N2OS2. The Morgan fingerprint density at radius 3 is 2.29 bits per heavy atom. The van der Waals surface area contributed by atoms with Crippen LogP contribution in [0.1, 0.15) is 26.7 Å². The minimum atomic E-state index is -2.45. The SMILES string of the molecule is CC(C)SC1CCN(S(C)(=N)=O)CC1. The lowest BCUT2D eigenvalue weighted by atomic mass is 10.2. The van der Waals surface area contributed by atoms with E-state index in [0.29, 0.717) is 10.5 Å². The standard InChI is InChI=1S/C9H20N2OS2/c1-8(2)13-9-4-6-11(7-5-9)14(3,10)12/h8-10H,4-7H2,1-3H3. The van der Waals surface area contributed by atoms with E-state index in [2.05, 4.69) is 13.8 Å². The molecule has 0 saturated carbocycles. The zero-order valence-corrected chi connectivity index (χ0v) is 10.8. The van der Waals surface area contributed by atoms with Gasteiger partial charge in [0.1, 0.15) is 9.92 Å². The summed E-state index contributed by atoms with van der Waals surface area (Å²) in [5.74, 6) is 0. The average Bonchev–Trinajstić information content (AvgIpc) is 2.02. The predicted octanol–water partition coefficient (Wildman–Crippen LogP) is 2.18. The van der Waals surface area contributed by atoms with Gasteiger partial charge in [0.15, 0.2) is 0 Å². The van der Waals surface area contributed by atoms with Gasteiger partial charge < -0.3 is 0 Å². The molecule has 0 spiro atoms. The molecule has 1 saturated heterocycles. The summed E-state index contributed by atoms with van der Waals surface area (Å²) in [6.07, 6.45) is 3.67. The van der Waals surface area contributed by atoms with Crippen LogP contribution in [0, 0.1) is 4.78 Å². The van der Waals surface area contributed by atoms with Gasteiger partial charge >= 0.3 is 0 Å². The molecule has 5 heteroatoms. The quantitative estimate of drug-likeness (QED) is 0.816. The Balaban J connectivity index is 2.39. The molecule has 0 radical (unpaired) electrons. The van der Waals surface area contributed by atoms with E-state index in [-0.39, 0.29) is 0 Å². The number of rotatable bonds is 3. The number of hydrogen-bond donors (Lipinski definition) is 1. The van der Waals surface area contributed by atoms with Gasteiger partial charge in [-0.15, -0.1) is 0 Å². The van der Waals surface area contributed by atoms with Crippen LogP contribution in [0.15, 0.2) is 0 Å². The zero-order chi connectivity index (χ0) is 10.8. The highest BCUT2D eigenvalue weighted by Gasteiger charge is 2.23. The van der Waals surface area contributed by atoms with Crippen molar-refractivity contribution in [1.82, 2.24) is 4.31 Å². The Labute approximate surface area is 91.7 Å². The zero-order valence-electron chi connectivity index (χ0n) is 9.16. The van der Waals surface area contributed by atoms with Crippen molar-refractivity contribution in [2.75, 3.05) is 19.3 Å². The molecule has 1 aliphatic heterocycles. The summed E-state index contributed by atoms with van der Waals surface area (Å²) in [6.45, 7) is 6.07. The maximum atomic E-state index is 11.5. The maximum absolute atomic E-state index is 11.5. The number of hydrogen-bond acceptors (Lipinski definition) is 3. The van der Waals surface area contributed by atoms with Crippen LogP contribution in [0.3, 0.4) is 0 Å². The minimum absolute atomic E-state index is 0.675. The Kier molecular flexibility index (Phi) is 4.28. The molecule has 0 aliphatic carbocycles. The first-order valence-corrected chi connectivity index (χ1v) is 7.90. The molecular weight excluding hydrogens is 216 g/mol. The molecule has 1 fully saturated rings. The van der Waals surface area contributed by atoms with Gasteiger partial charge in [0, 0.05) is 24.6 Å². The summed E-state index contributed by atoms with van der Waals surface area (Å²) in [6, 6.07) is 0. The highest BCUT2D eigenvalue weighted by Crippen LogP contribution is 2.27. The minimum Gasteiger partial charge on any atom is -0.240 e. The number of nitrogens with one attached hydrogen (secondary N) is 1. The highest BCUT2D eigenvalue weighted by molar-refractivity contribution is 8.00. The fraction of sp³-hybridized carbons (Fsp3) is 1.00. The van der Waals surface area contributed by atoms with Gasteiger partial charge in [-0.2, -0.15) is 11.8 Å². The van der Waals surface area contributed by atoms with Crippen molar-refractivity contribution in [3.63, 3.8) is 0 Å². The van der Waals surface area contributed by atoms with Gasteiger partial charge in [0.05, 0.1) is 0 Å². The molecule has 1 rings (SSSR count). The number of nitrogens with zero attached hydrogens (tertiary/aromatic N) is 1. The Morgan fingerprint density at radius 1 is 1.43 bits per heavy atom. The third-order valence-corrected chi connectivity index (χ3v) is 5.11. The van der Waals surface area contributed by atoms with E-state index in [4.69, 9.17) is 4.78 Å². The van der Waals surface area contributed by atoms with Crippen LogP contribution >= 0.6 is 11.8 Å². The molecule has 0 bridgehead atoms. The monoisotopic (exact) mass is 236 g/mol. The lowest BCUT2D eigenvalue weighted by Gasteiger charge is -2.31. The van der Waals surface area contributed by atoms with E-state index in [9.17, 15) is 4.21 Å². The van der Waals surface area contributed by atoms with E-state index in [0.717, 1.165) is 25.9 Å². The Bertz CT molecular complexity index is 267. The molecule has 1 unspecified atom stereocenters. The molecule has 0 aromatic carbocycles. The van der Waals surface area contributed by atoms with Gasteiger partial charge in [-0.3, -0.25) is 0 Å². The smallest absolute Gasteiger partial charge is 0.104 e. The van der Waals surface area contributed by atoms with Crippen molar-refractivity contribution in [3.05, 3.63) is 0 Å². The second-order valence-electron chi connectivity index (χ2n) is 4.12. The van der Waals surface area contributed by atoms with Crippen molar-refractivity contribution in [2.24, 2.45) is 0 Å². The molecule has 0 aromatic rings. The predicted molar refractivity (Wildman–Crippen MR) is 64.1 cm³/mol. The summed E-state index contributed by atoms with van der Waals surface area (Å²) in [5.41, 5.74) is 0. The van der Waals surface area contributed by atoms with E-state index < -0.39 is 9.92 Å². The summed E-state index contributed by atoms with van der Waals surface area (Å²) >= 11 is 2.01. The van der Waals surface area contributed by atoms with Gasteiger partial charge in [-0.25, -0.2) is 13.3 Å². The summed E-state index contributed by atoms with van der Waals surface area (Å²) in [5, 5.41) is 1.38. The largest absolute Gasteiger partial charge is 0.240 e. The third-order valence-electron chi connectivity index (χ3n) is 2.36. The van der Waals surface area contributed by atoms with E-state index in [1.807, 2.05) is 16.1 Å². The lowest BCUT2D eigenvalue weighted by Crippen LogP contribution is -2.38. The summed E-state index contributed by atoms with van der Waals surface area (Å²) in [4.78, 5) is 0. The second kappa shape index (κ2) is 4.86. The Morgan fingerprint density at radius 2 is 1.93 bits per heavy atom. The van der Waals surface area contributed by atoms with Crippen molar-refractivity contribution in [1.29, 1.82) is 4.78 Å². The van der Waals surface area contributed by atoms with Crippen LogP contribution in [-0.2, 0) is 9.92 Å². The van der Waals surface area contributed by atoms with Crippen LogP contribution < -0.4 is 0 Å². The van der Waals surface area contributed by atoms with Gasteiger partial charge in [0.25, 0.3) is 0 Å². The van der Waals surface area contributed by atoms with Crippen LogP contribution in [0.4, 0.5) is 0 Å². The van der Waals surface area contributed by atoms with Crippen LogP contribution in [0.5, 0.6) is 0 Å². The highest BCUT2D eigenvalue weighted by atomic mass is 32.2. The molecule has 1 heterocycles. The van der Waals surface area contributed by atoms with Crippen molar-refractivity contribution in [3.8, 4) is 0 Å². The van der Waals surface area contributed by atoms with Crippen molar-refractivity contribution < 1.29 is 4.21 Å². The third kappa shape index (κ3) is 3.79. The first kappa shape index (κ1) is 12.3. The second-order valence-corrected chi connectivity index (χ2v) is 8.12. The van der Waals surface area contributed by atoms with Crippen LogP contribution in [0.25, 0.3) is 0 Å².